The summed E-state index contributed by atoms with van der Waals surface area (Å²) in [5, 5.41) is 9.26. The number of carbonyl (C=O) groups is 2. The van der Waals surface area contributed by atoms with Crippen LogP contribution in [0.4, 0.5) is 0 Å². The van der Waals surface area contributed by atoms with Gasteiger partial charge in [0.25, 0.3) is 5.91 Å². The molecule has 0 aliphatic carbocycles. The first kappa shape index (κ1) is 19.1. The molecule has 1 saturated heterocycles. The number of rotatable bonds is 4. The predicted octanol–water partition coefficient (Wildman–Crippen LogP) is 1.65. The van der Waals surface area contributed by atoms with Crippen LogP contribution >= 0.6 is 11.3 Å². The molecule has 1 unspecified atom stereocenters. The molecule has 150 valence electrons. The van der Waals surface area contributed by atoms with E-state index in [9.17, 15) is 9.59 Å². The van der Waals surface area contributed by atoms with E-state index in [1.54, 1.807) is 35.5 Å². The highest BCUT2D eigenvalue weighted by atomic mass is 32.1. The monoisotopic (exact) mass is 401 g/mol. The molecule has 4 heterocycles. The van der Waals surface area contributed by atoms with Crippen molar-refractivity contribution in [2.24, 2.45) is 7.05 Å². The number of thiophene rings is 1. The SMILES string of the molecule is CC(C(=O)N1CCc2sccc2C1)N1CCC(NC(=O)c2cnn(C)c2)CC1. The van der Waals surface area contributed by atoms with Crippen molar-refractivity contribution < 1.29 is 9.59 Å². The van der Waals surface area contributed by atoms with Gasteiger partial charge < -0.3 is 10.2 Å². The number of nitrogens with zero attached hydrogens (tertiary/aromatic N) is 4. The van der Waals surface area contributed by atoms with E-state index in [-0.39, 0.29) is 23.9 Å². The Morgan fingerprint density at radius 2 is 2.07 bits per heavy atom. The van der Waals surface area contributed by atoms with Gasteiger partial charge in [-0.2, -0.15) is 5.10 Å². The molecular weight excluding hydrogens is 374 g/mol. The van der Waals surface area contributed by atoms with Gasteiger partial charge in [-0.25, -0.2) is 0 Å². The molecule has 1 N–H and O–H groups in total. The van der Waals surface area contributed by atoms with Crippen LogP contribution in [0.3, 0.4) is 0 Å². The van der Waals surface area contributed by atoms with Crippen molar-refractivity contribution in [3.63, 3.8) is 0 Å². The molecule has 2 aromatic heterocycles. The molecule has 7 nitrogen and oxygen atoms in total. The number of aryl methyl sites for hydroxylation is 1. The molecule has 0 saturated carbocycles. The smallest absolute Gasteiger partial charge is 0.254 e. The topological polar surface area (TPSA) is 70.5 Å². The average molecular weight is 402 g/mol. The van der Waals surface area contributed by atoms with Gasteiger partial charge in [0, 0.05) is 50.3 Å². The molecular formula is C20H27N5O2S. The molecule has 0 spiro atoms. The molecule has 1 atom stereocenters. The molecule has 1 fully saturated rings. The third-order valence-corrected chi connectivity index (χ3v) is 6.88. The second-order valence-corrected chi connectivity index (χ2v) is 8.74. The zero-order chi connectivity index (χ0) is 19.7. The lowest BCUT2D eigenvalue weighted by Crippen LogP contribution is -2.53. The fourth-order valence-corrected chi connectivity index (χ4v) is 4.98. The minimum absolute atomic E-state index is 0.0736. The van der Waals surface area contributed by atoms with Crippen molar-refractivity contribution in [1.29, 1.82) is 0 Å². The first-order chi connectivity index (χ1) is 13.5. The largest absolute Gasteiger partial charge is 0.349 e. The van der Waals surface area contributed by atoms with Gasteiger partial charge in [0.2, 0.25) is 5.91 Å². The van der Waals surface area contributed by atoms with Crippen molar-refractivity contribution in [3.8, 4) is 0 Å². The van der Waals surface area contributed by atoms with Crippen LogP contribution in [0, 0.1) is 0 Å². The van der Waals surface area contributed by atoms with Gasteiger partial charge in [-0.3, -0.25) is 19.2 Å². The van der Waals surface area contributed by atoms with E-state index < -0.39 is 0 Å². The summed E-state index contributed by atoms with van der Waals surface area (Å²) >= 11 is 1.79. The van der Waals surface area contributed by atoms with Crippen molar-refractivity contribution in [2.45, 2.75) is 44.8 Å². The number of nitrogens with one attached hydrogen (secondary N) is 1. The zero-order valence-electron chi connectivity index (χ0n) is 16.4. The summed E-state index contributed by atoms with van der Waals surface area (Å²) in [5.41, 5.74) is 1.89. The molecule has 0 aromatic carbocycles. The Kier molecular flexibility index (Phi) is 5.50. The quantitative estimate of drug-likeness (QED) is 0.846. The third kappa shape index (κ3) is 3.98. The Labute approximate surface area is 169 Å². The summed E-state index contributed by atoms with van der Waals surface area (Å²) in [6.07, 6.45) is 6.00. The van der Waals surface area contributed by atoms with Gasteiger partial charge in [0.05, 0.1) is 17.8 Å². The fraction of sp³-hybridized carbons (Fsp3) is 0.550. The Morgan fingerprint density at radius 3 is 2.79 bits per heavy atom. The summed E-state index contributed by atoms with van der Waals surface area (Å²) in [6, 6.07) is 2.17. The van der Waals surface area contributed by atoms with Crippen molar-refractivity contribution >= 4 is 23.2 Å². The van der Waals surface area contributed by atoms with Crippen LogP contribution in [-0.4, -0.2) is 63.1 Å². The maximum absolute atomic E-state index is 13.0. The van der Waals surface area contributed by atoms with Crippen molar-refractivity contribution in [2.75, 3.05) is 19.6 Å². The van der Waals surface area contributed by atoms with Gasteiger partial charge in [-0.05, 0) is 43.2 Å². The minimum atomic E-state index is -0.116. The van der Waals surface area contributed by atoms with E-state index in [0.29, 0.717) is 5.56 Å². The molecule has 4 rings (SSSR count). The Hall–Kier alpha value is -2.19. The molecule has 2 amide bonds. The highest BCUT2D eigenvalue weighted by Gasteiger charge is 2.31. The maximum atomic E-state index is 13.0. The van der Waals surface area contributed by atoms with E-state index in [1.165, 1.54) is 10.4 Å². The summed E-state index contributed by atoms with van der Waals surface area (Å²) in [4.78, 5) is 30.9. The van der Waals surface area contributed by atoms with Gasteiger partial charge in [-0.1, -0.05) is 0 Å². The molecule has 28 heavy (non-hydrogen) atoms. The van der Waals surface area contributed by atoms with Crippen LogP contribution in [0.1, 0.15) is 40.6 Å². The Morgan fingerprint density at radius 1 is 1.29 bits per heavy atom. The van der Waals surface area contributed by atoms with Crippen molar-refractivity contribution in [1.82, 2.24) is 24.9 Å². The Bertz CT molecular complexity index is 852. The lowest BCUT2D eigenvalue weighted by molar-refractivity contribution is -0.137. The number of fused-ring (bicyclic) bond motifs is 1. The molecule has 2 aliphatic rings. The highest BCUT2D eigenvalue weighted by molar-refractivity contribution is 7.10. The van der Waals surface area contributed by atoms with E-state index in [1.807, 2.05) is 11.8 Å². The van der Waals surface area contributed by atoms with Gasteiger partial charge in [0.15, 0.2) is 0 Å². The highest BCUT2D eigenvalue weighted by Crippen LogP contribution is 2.25. The number of hydrogen-bond acceptors (Lipinski definition) is 5. The van der Waals surface area contributed by atoms with Gasteiger partial charge >= 0.3 is 0 Å². The molecule has 2 aromatic rings. The minimum Gasteiger partial charge on any atom is -0.349 e. The number of likely N-dealkylation sites (tertiary alicyclic amines) is 1. The second-order valence-electron chi connectivity index (χ2n) is 7.74. The van der Waals surface area contributed by atoms with Crippen molar-refractivity contribution in [3.05, 3.63) is 39.8 Å². The van der Waals surface area contributed by atoms with E-state index in [0.717, 1.165) is 45.4 Å². The third-order valence-electron chi connectivity index (χ3n) is 5.86. The lowest BCUT2D eigenvalue weighted by atomic mass is 10.0. The second kappa shape index (κ2) is 8.05. The Balaban J connectivity index is 1.27. The summed E-state index contributed by atoms with van der Waals surface area (Å²) in [6.45, 7) is 5.21. The van der Waals surface area contributed by atoms with Crippen LogP contribution in [-0.2, 0) is 24.8 Å². The van der Waals surface area contributed by atoms with Crippen LogP contribution in [0.5, 0.6) is 0 Å². The summed E-state index contributed by atoms with van der Waals surface area (Å²) in [5.74, 6) is 0.144. The van der Waals surface area contributed by atoms with E-state index >= 15 is 0 Å². The number of carbonyl (C=O) groups excluding carboxylic acids is 2. The van der Waals surface area contributed by atoms with Crippen LogP contribution in [0.25, 0.3) is 0 Å². The van der Waals surface area contributed by atoms with Crippen LogP contribution < -0.4 is 5.32 Å². The molecule has 0 radical (unpaired) electrons. The number of amides is 2. The molecule has 8 heteroatoms. The first-order valence-electron chi connectivity index (χ1n) is 9.89. The van der Waals surface area contributed by atoms with Crippen LogP contribution in [0.15, 0.2) is 23.8 Å². The predicted molar refractivity (Wildman–Crippen MR) is 108 cm³/mol. The number of aromatic nitrogens is 2. The van der Waals surface area contributed by atoms with Crippen LogP contribution in [0.2, 0.25) is 0 Å². The molecule has 0 bridgehead atoms. The summed E-state index contributed by atoms with van der Waals surface area (Å²) < 4.78 is 1.63. The summed E-state index contributed by atoms with van der Waals surface area (Å²) in [7, 11) is 1.80. The van der Waals surface area contributed by atoms with Gasteiger partial charge in [0.1, 0.15) is 0 Å². The zero-order valence-corrected chi connectivity index (χ0v) is 17.2. The van der Waals surface area contributed by atoms with E-state index in [2.05, 4.69) is 26.8 Å². The lowest BCUT2D eigenvalue weighted by Gasteiger charge is -2.38. The normalized spacial score (nSPS) is 19.3. The number of piperidine rings is 1. The molecule has 2 aliphatic heterocycles. The van der Waals surface area contributed by atoms with E-state index in [4.69, 9.17) is 0 Å². The maximum Gasteiger partial charge on any atom is 0.254 e. The fourth-order valence-electron chi connectivity index (χ4n) is 4.10. The average Bonchev–Trinajstić information content (AvgIpc) is 3.35. The number of hydrogen-bond donors (Lipinski definition) is 1. The van der Waals surface area contributed by atoms with Gasteiger partial charge in [-0.15, -0.1) is 11.3 Å². The standard InChI is InChI=1S/C20H27N5O2S/c1-14(20(27)25-9-5-18-15(13-25)6-10-28-18)24-7-3-17(4-8-24)22-19(26)16-11-21-23(2)12-16/h6,10-12,14,17H,3-5,7-9,13H2,1-2H3,(H,22,26). The first-order valence-corrected chi connectivity index (χ1v) is 10.8.